The van der Waals surface area contributed by atoms with Crippen molar-refractivity contribution in [1.29, 1.82) is 0 Å². The summed E-state index contributed by atoms with van der Waals surface area (Å²) in [6, 6.07) is 6.98. The molecule has 0 aliphatic rings. The molecule has 84 valence electrons. The maximum Gasteiger partial charge on any atom is 0.0420 e. The highest BCUT2D eigenvalue weighted by Crippen LogP contribution is 2.28. The molecule has 0 aliphatic heterocycles. The molecule has 0 amide bonds. The van der Waals surface area contributed by atoms with Crippen molar-refractivity contribution in [2.45, 2.75) is 32.1 Å². The maximum absolute atomic E-state index is 3.54. The van der Waals surface area contributed by atoms with Crippen LogP contribution in [0.25, 0.3) is 0 Å². The molecule has 0 heterocycles. The molecule has 1 aromatic carbocycles. The van der Waals surface area contributed by atoms with Gasteiger partial charge in [0.15, 0.2) is 0 Å². The summed E-state index contributed by atoms with van der Waals surface area (Å²) in [6.45, 7) is 7.68. The van der Waals surface area contributed by atoms with Crippen molar-refractivity contribution in [3.8, 4) is 0 Å². The van der Waals surface area contributed by atoms with E-state index in [2.05, 4.69) is 75.7 Å². The van der Waals surface area contributed by atoms with Crippen LogP contribution in [0.3, 0.4) is 0 Å². The van der Waals surface area contributed by atoms with E-state index in [1.165, 1.54) is 11.3 Å². The summed E-state index contributed by atoms with van der Waals surface area (Å²) in [7, 11) is 0. The second kappa shape index (κ2) is 5.90. The van der Waals surface area contributed by atoms with Crippen LogP contribution in [-0.4, -0.2) is 12.6 Å². The molecule has 0 spiro atoms. The van der Waals surface area contributed by atoms with E-state index in [4.69, 9.17) is 0 Å². The molecule has 0 N–H and O–H groups in total. The number of alkyl halides is 1. The number of rotatable bonds is 4. The summed E-state index contributed by atoms with van der Waals surface area (Å²) in [5, 5.41) is 0.902. The fraction of sp³-hybridized carbons (Fsp3) is 0.500. The van der Waals surface area contributed by atoms with Crippen molar-refractivity contribution in [2.75, 3.05) is 11.4 Å². The molecule has 0 saturated heterocycles. The average Bonchev–Trinajstić information content (AvgIpc) is 2.18. The Morgan fingerprint density at radius 3 is 2.47 bits per heavy atom. The normalized spacial score (nSPS) is 10.8. The highest BCUT2D eigenvalue weighted by Gasteiger charge is 2.12. The van der Waals surface area contributed by atoms with Gasteiger partial charge < -0.3 is 4.90 Å². The first-order valence-electron chi connectivity index (χ1n) is 5.21. The van der Waals surface area contributed by atoms with Crippen LogP contribution in [-0.2, 0) is 5.33 Å². The third-order valence-corrected chi connectivity index (χ3v) is 3.56. The van der Waals surface area contributed by atoms with Crippen molar-refractivity contribution in [3.05, 3.63) is 28.2 Å². The van der Waals surface area contributed by atoms with Gasteiger partial charge in [-0.15, -0.1) is 0 Å². The monoisotopic (exact) mass is 333 g/mol. The highest BCUT2D eigenvalue weighted by atomic mass is 79.9. The molecule has 0 unspecified atom stereocenters. The molecular weight excluding hydrogens is 318 g/mol. The predicted molar refractivity (Wildman–Crippen MR) is 74.9 cm³/mol. The topological polar surface area (TPSA) is 3.24 Å². The van der Waals surface area contributed by atoms with Crippen LogP contribution >= 0.6 is 31.9 Å². The summed E-state index contributed by atoms with van der Waals surface area (Å²) in [4.78, 5) is 2.40. The number of nitrogens with zero attached hydrogens (tertiary/aromatic N) is 1. The molecule has 0 saturated carbocycles. The van der Waals surface area contributed by atoms with Gasteiger partial charge in [0, 0.05) is 28.1 Å². The Kier molecular flexibility index (Phi) is 5.13. The van der Waals surface area contributed by atoms with Crippen molar-refractivity contribution in [1.82, 2.24) is 0 Å². The Balaban J connectivity index is 3.13. The molecule has 1 rings (SSSR count). The highest BCUT2D eigenvalue weighted by molar-refractivity contribution is 9.10. The van der Waals surface area contributed by atoms with Crippen molar-refractivity contribution < 1.29 is 0 Å². The van der Waals surface area contributed by atoms with Crippen LogP contribution in [0.4, 0.5) is 5.69 Å². The molecule has 0 aromatic heterocycles. The van der Waals surface area contributed by atoms with E-state index in [0.29, 0.717) is 6.04 Å². The summed E-state index contributed by atoms with van der Waals surface area (Å²) >= 11 is 7.07. The zero-order valence-electron chi connectivity index (χ0n) is 9.43. The van der Waals surface area contributed by atoms with Gasteiger partial charge >= 0.3 is 0 Å². The molecule has 15 heavy (non-hydrogen) atoms. The number of hydrogen-bond acceptors (Lipinski definition) is 1. The third kappa shape index (κ3) is 3.22. The van der Waals surface area contributed by atoms with Gasteiger partial charge in [-0.3, -0.25) is 0 Å². The quantitative estimate of drug-likeness (QED) is 0.728. The first kappa shape index (κ1) is 13.0. The zero-order chi connectivity index (χ0) is 11.4. The van der Waals surface area contributed by atoms with E-state index in [9.17, 15) is 0 Å². The molecule has 0 bridgehead atoms. The summed E-state index contributed by atoms with van der Waals surface area (Å²) < 4.78 is 1.14. The first-order valence-corrected chi connectivity index (χ1v) is 7.12. The maximum atomic E-state index is 3.54. The van der Waals surface area contributed by atoms with Crippen LogP contribution in [0, 0.1) is 0 Å². The molecule has 1 aromatic rings. The second-order valence-electron chi connectivity index (χ2n) is 3.79. The lowest BCUT2D eigenvalue weighted by atomic mass is 10.1. The van der Waals surface area contributed by atoms with E-state index < -0.39 is 0 Å². The molecule has 0 fully saturated rings. The van der Waals surface area contributed by atoms with Gasteiger partial charge in [-0.1, -0.05) is 37.9 Å². The van der Waals surface area contributed by atoms with Gasteiger partial charge in [-0.25, -0.2) is 0 Å². The van der Waals surface area contributed by atoms with Gasteiger partial charge in [0.2, 0.25) is 0 Å². The van der Waals surface area contributed by atoms with E-state index in [1.807, 2.05) is 0 Å². The minimum Gasteiger partial charge on any atom is -0.369 e. The van der Waals surface area contributed by atoms with Crippen LogP contribution in [0.1, 0.15) is 26.3 Å². The fourth-order valence-electron chi connectivity index (χ4n) is 1.73. The third-order valence-electron chi connectivity index (χ3n) is 2.46. The number of anilines is 1. The van der Waals surface area contributed by atoms with Gasteiger partial charge in [0.05, 0.1) is 0 Å². The zero-order valence-corrected chi connectivity index (χ0v) is 12.6. The van der Waals surface area contributed by atoms with Gasteiger partial charge in [-0.2, -0.15) is 0 Å². The van der Waals surface area contributed by atoms with Crippen LogP contribution < -0.4 is 4.90 Å². The molecule has 0 atom stereocenters. The number of halogens is 2. The lowest BCUT2D eigenvalue weighted by Gasteiger charge is -2.29. The largest absolute Gasteiger partial charge is 0.369 e. The Labute approximate surface area is 109 Å². The Bertz CT molecular complexity index is 323. The smallest absolute Gasteiger partial charge is 0.0420 e. The summed E-state index contributed by atoms with van der Waals surface area (Å²) in [6.07, 6.45) is 0. The molecule has 0 aliphatic carbocycles. The van der Waals surface area contributed by atoms with E-state index in [1.54, 1.807) is 0 Å². The fourth-order valence-corrected chi connectivity index (χ4v) is 2.55. The predicted octanol–water partition coefficient (Wildman–Crippen LogP) is 4.58. The lowest BCUT2D eigenvalue weighted by Crippen LogP contribution is -2.31. The van der Waals surface area contributed by atoms with E-state index in [-0.39, 0.29) is 0 Å². The second-order valence-corrected chi connectivity index (χ2v) is 5.26. The summed E-state index contributed by atoms with van der Waals surface area (Å²) in [5.74, 6) is 0. The van der Waals surface area contributed by atoms with Gasteiger partial charge in [0.25, 0.3) is 0 Å². The van der Waals surface area contributed by atoms with E-state index in [0.717, 1.165) is 16.3 Å². The van der Waals surface area contributed by atoms with Gasteiger partial charge in [0.1, 0.15) is 0 Å². The van der Waals surface area contributed by atoms with Crippen molar-refractivity contribution in [3.63, 3.8) is 0 Å². The van der Waals surface area contributed by atoms with Crippen molar-refractivity contribution in [2.24, 2.45) is 0 Å². The minimum absolute atomic E-state index is 0.530. The molecule has 0 radical (unpaired) electrons. The SMILES string of the molecule is CCN(c1cc(Br)ccc1CBr)C(C)C. The first-order chi connectivity index (χ1) is 7.10. The molecule has 1 nitrogen and oxygen atoms in total. The number of benzene rings is 1. The Morgan fingerprint density at radius 2 is 2.00 bits per heavy atom. The Morgan fingerprint density at radius 1 is 1.33 bits per heavy atom. The van der Waals surface area contributed by atoms with Crippen LogP contribution in [0.2, 0.25) is 0 Å². The summed E-state index contributed by atoms with van der Waals surface area (Å²) in [5.41, 5.74) is 2.66. The Hall–Kier alpha value is -0.0200. The van der Waals surface area contributed by atoms with Crippen molar-refractivity contribution >= 4 is 37.5 Å². The van der Waals surface area contributed by atoms with E-state index >= 15 is 0 Å². The molecule has 3 heteroatoms. The van der Waals surface area contributed by atoms with Gasteiger partial charge in [-0.05, 0) is 38.5 Å². The minimum atomic E-state index is 0.530. The average molecular weight is 335 g/mol. The van der Waals surface area contributed by atoms with Crippen LogP contribution in [0.15, 0.2) is 22.7 Å². The lowest BCUT2D eigenvalue weighted by molar-refractivity contribution is 0.701. The van der Waals surface area contributed by atoms with Crippen LogP contribution in [0.5, 0.6) is 0 Å². The standard InChI is InChI=1S/C12H17Br2N/c1-4-15(9(2)3)12-7-11(14)6-5-10(12)8-13/h5-7,9H,4,8H2,1-3H3. The molecular formula is C12H17Br2N. The number of hydrogen-bond donors (Lipinski definition) is 0.